The average Bonchev–Trinajstić information content (AvgIpc) is 3.10. The normalized spacial score (nSPS) is 11.6. The summed E-state index contributed by atoms with van der Waals surface area (Å²) in [4.78, 5) is 37.7. The van der Waals surface area contributed by atoms with Crippen LogP contribution in [-0.4, -0.2) is 106 Å². The monoisotopic (exact) mass is 1440 g/mol. The van der Waals surface area contributed by atoms with E-state index in [-0.39, 0.29) is 5.82 Å². The molecule has 0 saturated heterocycles. The Morgan fingerprint density at radius 2 is 0.695 bits per heavy atom. The van der Waals surface area contributed by atoms with Crippen LogP contribution in [0.15, 0.2) is 109 Å². The van der Waals surface area contributed by atoms with Gasteiger partial charge < -0.3 is 0 Å². The minimum atomic E-state index is -2.03. The van der Waals surface area contributed by atoms with Gasteiger partial charge in [-0.15, -0.1) is 0 Å². The molecule has 0 atom stereocenters. The Bertz CT molecular complexity index is 1950. The molecule has 0 fully saturated rings. The molecule has 0 aliphatic heterocycles. The molecule has 0 unspecified atom stereocenters. The van der Waals surface area contributed by atoms with Crippen molar-refractivity contribution in [3.63, 3.8) is 0 Å². The fraction of sp³-hybridized carbons (Fsp3) is 0.362. The molecule has 0 aliphatic rings. The van der Waals surface area contributed by atoms with Gasteiger partial charge in [-0.1, -0.05) is 0 Å². The Balaban J connectivity index is 0.000000369. The molecule has 0 bridgehead atoms. The third-order valence-electron chi connectivity index (χ3n) is 9.19. The van der Waals surface area contributed by atoms with Gasteiger partial charge in [0.15, 0.2) is 0 Å². The molecule has 1 nitrogen and oxygen atoms in total. The summed E-state index contributed by atoms with van der Waals surface area (Å²) in [6.07, 6.45) is 0. The summed E-state index contributed by atoms with van der Waals surface area (Å²) in [6.45, 7) is 0. The van der Waals surface area contributed by atoms with Gasteiger partial charge >= 0.3 is 411 Å². The molecule has 0 heterocycles. The number of halogens is 6. The first-order valence-corrected chi connectivity index (χ1v) is 71.8. The Hall–Kier alpha value is 1.27. The zero-order valence-corrected chi connectivity index (χ0v) is 56.7. The summed E-state index contributed by atoms with van der Waals surface area (Å²) in [7, 11) is 4.16. The molecule has 5 rings (SSSR count). The zero-order valence-electron chi connectivity index (χ0n) is 38.6. The molecule has 0 aliphatic carbocycles. The molecule has 0 N–H and O–H groups in total. The fourth-order valence-corrected chi connectivity index (χ4v) is 25.6. The van der Waals surface area contributed by atoms with Crippen LogP contribution in [-0.2, 0) is 0 Å². The molecule has 0 spiro atoms. The first-order chi connectivity index (χ1) is 26.7. The van der Waals surface area contributed by atoms with Crippen LogP contribution in [0.4, 0.5) is 10.1 Å². The summed E-state index contributed by atoms with van der Waals surface area (Å²) in [5, 5.41) is 3.84. The van der Waals surface area contributed by atoms with Crippen LogP contribution < -0.4 is 22.8 Å². The van der Waals surface area contributed by atoms with Crippen molar-refractivity contribution >= 4 is 173 Å². The molecular formula is C47H69Cl5FNSn5. The Kier molecular flexibility index (Phi) is 25.5. The zero-order chi connectivity index (χ0) is 45.7. The number of hydrogen-bond acceptors (Lipinski definition) is 1. The van der Waals surface area contributed by atoms with Crippen molar-refractivity contribution in [3.05, 3.63) is 140 Å². The van der Waals surface area contributed by atoms with Crippen LogP contribution in [0, 0.1) is 5.82 Å². The van der Waals surface area contributed by atoms with Crippen LogP contribution in [0.25, 0.3) is 0 Å². The van der Waals surface area contributed by atoms with E-state index in [4.69, 9.17) is 58.0 Å². The van der Waals surface area contributed by atoms with E-state index in [0.29, 0.717) is 10.0 Å². The number of anilines is 1. The van der Waals surface area contributed by atoms with Gasteiger partial charge in [-0.05, 0) is 0 Å². The summed E-state index contributed by atoms with van der Waals surface area (Å²) in [5.74, 6) is -0.135. The van der Waals surface area contributed by atoms with E-state index in [1.807, 2.05) is 54.6 Å². The van der Waals surface area contributed by atoms with E-state index in [2.05, 4.69) is 136 Å². The predicted molar refractivity (Wildman–Crippen MR) is 286 cm³/mol. The van der Waals surface area contributed by atoms with Gasteiger partial charge in [0.2, 0.25) is 0 Å². The molecule has 0 aromatic heterocycles. The fourth-order valence-electron chi connectivity index (χ4n) is 5.19. The Labute approximate surface area is 404 Å². The van der Waals surface area contributed by atoms with E-state index in [1.165, 1.54) is 20.0 Å². The Morgan fingerprint density at radius 3 is 1.03 bits per heavy atom. The quantitative estimate of drug-likeness (QED) is 0.153. The van der Waals surface area contributed by atoms with Gasteiger partial charge in [-0.2, -0.15) is 0 Å². The molecule has 5 aromatic carbocycles. The number of benzene rings is 5. The van der Waals surface area contributed by atoms with Gasteiger partial charge in [0.1, 0.15) is 0 Å². The molecule has 0 amide bonds. The average molecular weight is 1440 g/mol. The van der Waals surface area contributed by atoms with Crippen LogP contribution in [0.3, 0.4) is 0 Å². The first kappa shape index (κ1) is 58.3. The summed E-state index contributed by atoms with van der Waals surface area (Å²) < 4.78 is 19.7. The number of rotatable bonds is 6. The van der Waals surface area contributed by atoms with Crippen molar-refractivity contribution in [2.75, 3.05) is 19.0 Å². The van der Waals surface area contributed by atoms with Gasteiger partial charge in [-0.3, -0.25) is 0 Å². The van der Waals surface area contributed by atoms with Crippen molar-refractivity contribution in [1.29, 1.82) is 0 Å². The van der Waals surface area contributed by atoms with E-state index in [9.17, 15) is 4.39 Å². The van der Waals surface area contributed by atoms with Crippen LogP contribution in [0.5, 0.6) is 0 Å². The van der Waals surface area contributed by atoms with E-state index in [0.717, 1.165) is 15.1 Å². The summed E-state index contributed by atoms with van der Waals surface area (Å²) in [6, 6.07) is 36.0. The second-order valence-electron chi connectivity index (χ2n) is 20.0. The van der Waals surface area contributed by atoms with Gasteiger partial charge in [0, 0.05) is 0 Å². The molecule has 0 radical (unpaired) electrons. The second-order valence-corrected chi connectivity index (χ2v) is 94.4. The van der Waals surface area contributed by atoms with Crippen molar-refractivity contribution in [2.24, 2.45) is 0 Å². The van der Waals surface area contributed by atoms with Gasteiger partial charge in [0.25, 0.3) is 0 Å². The van der Waals surface area contributed by atoms with Crippen LogP contribution >= 0.6 is 58.0 Å². The number of nitrogens with zero attached hydrogens (tertiary/aromatic N) is 1. The SMILES string of the molecule is CN(C)c1cc[c]([Sn]([CH3])([CH3])[CH3])cc1.[CH3][Sn]([CH3])([CH3])[c]1cc(Cl)ccc1Cl.[CH3][Sn]([CH3])([CH3])[c]1ccc(Cl)c(Cl)c1.[CH3][Sn]([CH3])([CH3])[c]1ccc(Cl)cc1.[CH3][Sn]([CH3])([CH3])[c]1ccc(F)cc1. The van der Waals surface area contributed by atoms with Crippen molar-refractivity contribution < 1.29 is 4.39 Å². The molecule has 0 saturated carbocycles. The molecule has 324 valence electrons. The topological polar surface area (TPSA) is 3.24 Å². The maximum atomic E-state index is 12.5. The summed E-state index contributed by atoms with van der Waals surface area (Å²) in [5.41, 5.74) is 1.29. The van der Waals surface area contributed by atoms with Crippen LogP contribution in [0.1, 0.15) is 0 Å². The third kappa shape index (κ3) is 23.3. The maximum absolute atomic E-state index is 12.5. The first-order valence-electron chi connectivity index (χ1n) is 19.9. The molecular weight excluding hydrogens is 1370 g/mol. The van der Waals surface area contributed by atoms with Crippen molar-refractivity contribution in [3.8, 4) is 0 Å². The molecule has 59 heavy (non-hydrogen) atoms. The molecule has 5 aromatic rings. The Morgan fingerprint density at radius 1 is 0.356 bits per heavy atom. The summed E-state index contributed by atoms with van der Waals surface area (Å²) >= 11 is 20.0. The standard InChI is InChI=1S/C8H10N.2C6H3Cl2.C6H4Cl.C6H4F.15CH3.5Sn/c1-9(2)8-6-4-3-5-7-8;7-5-1-2-6(8)4-3-5;7-5-3-1-2-4-6(5)8;2*7-6-4-2-1-3-5-6;;;;;;;;;;;;;;;;;;;;/h4-7H,1-2H3;1-3H;1,3-4H;2*2-5H;15*1H3;;;;;. The van der Waals surface area contributed by atoms with Crippen LogP contribution in [0.2, 0.25) is 99.2 Å². The second kappa shape index (κ2) is 25.8. The minimum absolute atomic E-state index is 0.135. The molecule has 12 heteroatoms. The number of hydrogen-bond donors (Lipinski definition) is 0. The van der Waals surface area contributed by atoms with E-state index < -0.39 is 91.9 Å². The van der Waals surface area contributed by atoms with Gasteiger partial charge in [0.05, 0.1) is 0 Å². The predicted octanol–water partition coefficient (Wildman–Crippen LogP) is 14.6. The van der Waals surface area contributed by atoms with E-state index >= 15 is 0 Å². The van der Waals surface area contributed by atoms with Crippen molar-refractivity contribution in [1.82, 2.24) is 0 Å². The third-order valence-corrected chi connectivity index (χ3v) is 40.5. The van der Waals surface area contributed by atoms with Crippen molar-refractivity contribution in [2.45, 2.75) is 74.1 Å². The van der Waals surface area contributed by atoms with E-state index in [1.54, 1.807) is 15.7 Å². The van der Waals surface area contributed by atoms with Gasteiger partial charge in [-0.25, -0.2) is 0 Å².